The molecule has 0 aliphatic heterocycles. The number of thiocarbonyl (C=S) groups is 1. The van der Waals surface area contributed by atoms with Crippen LogP contribution in [0.4, 0.5) is 18.9 Å². The van der Waals surface area contributed by atoms with Crippen molar-refractivity contribution in [3.05, 3.63) is 90.3 Å². The monoisotopic (exact) mass is 524 g/mol. The lowest BCUT2D eigenvalue weighted by Gasteiger charge is -2.14. The van der Waals surface area contributed by atoms with E-state index in [9.17, 15) is 13.2 Å². The Kier molecular flexibility index (Phi) is 7.83. The second kappa shape index (κ2) is 11.2. The van der Waals surface area contributed by atoms with Crippen LogP contribution in [0, 0.1) is 0 Å². The third-order valence-corrected chi connectivity index (χ3v) is 5.40. The topological polar surface area (TPSA) is 76.4 Å². The molecule has 0 aliphatic rings. The number of nitrogens with zero attached hydrogens (tertiary/aromatic N) is 4. The molecule has 190 valence electrons. The summed E-state index contributed by atoms with van der Waals surface area (Å²) in [5.41, 5.74) is 7.07. The van der Waals surface area contributed by atoms with Gasteiger partial charge in [-0.15, -0.1) is 18.3 Å². The minimum atomic E-state index is -4.74. The van der Waals surface area contributed by atoms with Crippen LogP contribution in [-0.4, -0.2) is 32.5 Å². The van der Waals surface area contributed by atoms with Crippen LogP contribution in [0.15, 0.2) is 84.2 Å². The fourth-order valence-electron chi connectivity index (χ4n) is 3.47. The number of halogens is 3. The SMILES string of the molecule is CC(C)c1ccccc1NC(=S)NN=Cc1ccc(-c2ncn(-c3ccc(OC(F)(F)F)cc3)n2)cc1. The van der Waals surface area contributed by atoms with E-state index in [1.165, 1.54) is 35.3 Å². The van der Waals surface area contributed by atoms with Crippen molar-refractivity contribution in [2.75, 3.05) is 5.32 Å². The van der Waals surface area contributed by atoms with Gasteiger partial charge in [-0.2, -0.15) is 5.10 Å². The number of alkyl halides is 3. The van der Waals surface area contributed by atoms with Crippen LogP contribution in [-0.2, 0) is 0 Å². The molecule has 0 saturated heterocycles. The Bertz CT molecular complexity index is 1380. The van der Waals surface area contributed by atoms with Crippen LogP contribution in [0.1, 0.15) is 30.9 Å². The molecule has 4 aromatic rings. The Morgan fingerprint density at radius 1 is 1.03 bits per heavy atom. The molecule has 0 spiro atoms. The highest BCUT2D eigenvalue weighted by Crippen LogP contribution is 2.25. The third kappa shape index (κ3) is 7.14. The fourth-order valence-corrected chi connectivity index (χ4v) is 3.63. The summed E-state index contributed by atoms with van der Waals surface area (Å²) in [6.07, 6.45) is -1.61. The van der Waals surface area contributed by atoms with Gasteiger partial charge in [0.1, 0.15) is 12.1 Å². The van der Waals surface area contributed by atoms with Crippen LogP contribution in [0.5, 0.6) is 5.75 Å². The molecule has 0 atom stereocenters. The van der Waals surface area contributed by atoms with Crippen molar-refractivity contribution >= 4 is 29.2 Å². The maximum atomic E-state index is 12.3. The van der Waals surface area contributed by atoms with E-state index in [0.29, 0.717) is 22.5 Å². The van der Waals surface area contributed by atoms with Gasteiger partial charge in [-0.1, -0.05) is 56.3 Å². The van der Waals surface area contributed by atoms with Crippen LogP contribution in [0.25, 0.3) is 17.1 Å². The zero-order valence-electron chi connectivity index (χ0n) is 19.9. The number of hydrogen-bond donors (Lipinski definition) is 2. The molecule has 0 radical (unpaired) electrons. The molecule has 0 fully saturated rings. The summed E-state index contributed by atoms with van der Waals surface area (Å²) in [5, 5.41) is 12.1. The number of aromatic nitrogens is 3. The van der Waals surface area contributed by atoms with Crippen molar-refractivity contribution < 1.29 is 17.9 Å². The van der Waals surface area contributed by atoms with Crippen molar-refractivity contribution in [2.24, 2.45) is 5.10 Å². The summed E-state index contributed by atoms with van der Waals surface area (Å²) in [7, 11) is 0. The predicted molar refractivity (Wildman–Crippen MR) is 141 cm³/mol. The minimum absolute atomic E-state index is 0.305. The van der Waals surface area contributed by atoms with E-state index in [0.717, 1.165) is 22.4 Å². The molecule has 0 unspecified atom stereocenters. The maximum Gasteiger partial charge on any atom is 0.573 e. The first-order valence-corrected chi connectivity index (χ1v) is 11.7. The number of ether oxygens (including phenoxy) is 1. The normalized spacial score (nSPS) is 11.6. The first-order chi connectivity index (χ1) is 17.7. The van der Waals surface area contributed by atoms with Gasteiger partial charge in [-0.3, -0.25) is 5.43 Å². The van der Waals surface area contributed by atoms with Gasteiger partial charge >= 0.3 is 6.36 Å². The van der Waals surface area contributed by atoms with Crippen molar-refractivity contribution in [3.8, 4) is 22.8 Å². The number of nitrogens with one attached hydrogen (secondary N) is 2. The molecule has 11 heteroatoms. The van der Waals surface area contributed by atoms with E-state index in [4.69, 9.17) is 12.2 Å². The molecule has 2 N–H and O–H groups in total. The van der Waals surface area contributed by atoms with E-state index in [1.807, 2.05) is 42.5 Å². The quantitative estimate of drug-likeness (QED) is 0.168. The fraction of sp³-hybridized carbons (Fsp3) is 0.154. The number of benzene rings is 3. The van der Waals surface area contributed by atoms with Gasteiger partial charge in [0.2, 0.25) is 0 Å². The number of hydrogen-bond acceptors (Lipinski definition) is 5. The highest BCUT2D eigenvalue weighted by atomic mass is 32.1. The molecule has 1 aromatic heterocycles. The Labute approximate surface area is 217 Å². The Morgan fingerprint density at radius 2 is 1.73 bits per heavy atom. The second-order valence-corrected chi connectivity index (χ2v) is 8.65. The first-order valence-electron chi connectivity index (χ1n) is 11.3. The van der Waals surface area contributed by atoms with Gasteiger partial charge in [0.15, 0.2) is 10.9 Å². The van der Waals surface area contributed by atoms with E-state index >= 15 is 0 Å². The molecule has 37 heavy (non-hydrogen) atoms. The number of anilines is 1. The molecular formula is C26H23F3N6OS. The van der Waals surface area contributed by atoms with Crippen LogP contribution in [0.2, 0.25) is 0 Å². The van der Waals surface area contributed by atoms with Crippen molar-refractivity contribution in [3.63, 3.8) is 0 Å². The van der Waals surface area contributed by atoms with Gasteiger partial charge in [-0.05, 0) is 59.6 Å². The van der Waals surface area contributed by atoms with E-state index < -0.39 is 6.36 Å². The van der Waals surface area contributed by atoms with Gasteiger partial charge in [0, 0.05) is 11.3 Å². The molecule has 0 amide bonds. The molecule has 0 aliphatic carbocycles. The lowest BCUT2D eigenvalue weighted by atomic mass is 10.0. The Morgan fingerprint density at radius 3 is 2.41 bits per heavy atom. The summed E-state index contributed by atoms with van der Waals surface area (Å²) >= 11 is 5.34. The second-order valence-electron chi connectivity index (χ2n) is 8.24. The van der Waals surface area contributed by atoms with Crippen LogP contribution < -0.4 is 15.5 Å². The van der Waals surface area contributed by atoms with E-state index in [-0.39, 0.29) is 5.75 Å². The van der Waals surface area contributed by atoms with Crippen molar-refractivity contribution in [1.29, 1.82) is 0 Å². The summed E-state index contributed by atoms with van der Waals surface area (Å²) < 4.78 is 42.4. The average molecular weight is 525 g/mol. The highest BCUT2D eigenvalue weighted by molar-refractivity contribution is 7.80. The largest absolute Gasteiger partial charge is 0.573 e. The van der Waals surface area contributed by atoms with Gasteiger partial charge in [-0.25, -0.2) is 9.67 Å². The van der Waals surface area contributed by atoms with E-state index in [1.54, 1.807) is 6.21 Å². The molecule has 1 heterocycles. The molecule has 0 saturated carbocycles. The van der Waals surface area contributed by atoms with Crippen molar-refractivity contribution in [1.82, 2.24) is 20.2 Å². The predicted octanol–water partition coefficient (Wildman–Crippen LogP) is 6.28. The number of rotatable bonds is 7. The molecule has 0 bridgehead atoms. The molecule has 3 aromatic carbocycles. The minimum Gasteiger partial charge on any atom is -0.406 e. The average Bonchev–Trinajstić information content (AvgIpc) is 3.34. The lowest BCUT2D eigenvalue weighted by molar-refractivity contribution is -0.274. The summed E-state index contributed by atoms with van der Waals surface area (Å²) in [6, 6.07) is 20.7. The lowest BCUT2D eigenvalue weighted by Crippen LogP contribution is -2.24. The molecule has 7 nitrogen and oxygen atoms in total. The summed E-state index contributed by atoms with van der Waals surface area (Å²) in [4.78, 5) is 4.29. The standard InChI is InChI=1S/C26H23F3N6OS/c1-17(2)22-5-3-4-6-23(22)32-25(37)33-31-15-18-7-9-19(10-8-18)24-30-16-35(34-24)20-11-13-21(14-12-20)36-26(27,28)29/h3-17H,1-2H3,(H2,32,33,37). The zero-order chi connectivity index (χ0) is 26.4. The Hall–Kier alpha value is -4.25. The molecule has 4 rings (SSSR count). The number of hydrazone groups is 1. The first kappa shape index (κ1) is 25.8. The highest BCUT2D eigenvalue weighted by Gasteiger charge is 2.31. The van der Waals surface area contributed by atoms with Crippen molar-refractivity contribution in [2.45, 2.75) is 26.1 Å². The summed E-state index contributed by atoms with van der Waals surface area (Å²) in [6.45, 7) is 4.24. The van der Waals surface area contributed by atoms with Gasteiger partial charge in [0.05, 0.1) is 11.9 Å². The summed E-state index contributed by atoms with van der Waals surface area (Å²) in [5.74, 6) is 0.513. The maximum absolute atomic E-state index is 12.3. The van der Waals surface area contributed by atoms with Gasteiger partial charge in [0.25, 0.3) is 0 Å². The zero-order valence-corrected chi connectivity index (χ0v) is 20.7. The van der Waals surface area contributed by atoms with E-state index in [2.05, 4.69) is 50.6 Å². The molecular weight excluding hydrogens is 501 g/mol. The van der Waals surface area contributed by atoms with Crippen LogP contribution in [0.3, 0.4) is 0 Å². The number of para-hydroxylation sites is 1. The van der Waals surface area contributed by atoms with Gasteiger partial charge < -0.3 is 10.1 Å². The smallest absolute Gasteiger partial charge is 0.406 e. The third-order valence-electron chi connectivity index (χ3n) is 5.21. The van der Waals surface area contributed by atoms with Crippen LogP contribution >= 0.6 is 12.2 Å². The Balaban J connectivity index is 1.35.